The van der Waals surface area contributed by atoms with Crippen molar-refractivity contribution >= 4 is 0 Å². The Labute approximate surface area is 124 Å². The monoisotopic (exact) mass is 284 g/mol. The first-order valence-corrected chi connectivity index (χ1v) is 7.85. The Morgan fingerprint density at radius 2 is 1.00 bits per heavy atom. The number of hydrogen-bond acceptors (Lipinski definition) is 4. The van der Waals surface area contributed by atoms with Gasteiger partial charge in [-0.1, -0.05) is 0 Å². The predicted molar refractivity (Wildman–Crippen MR) is 81.5 cm³/mol. The van der Waals surface area contributed by atoms with E-state index in [9.17, 15) is 0 Å². The van der Waals surface area contributed by atoms with Crippen LogP contribution >= 0.6 is 0 Å². The summed E-state index contributed by atoms with van der Waals surface area (Å²) in [6, 6.07) is 0. The predicted octanol–water partition coefficient (Wildman–Crippen LogP) is 2.40. The van der Waals surface area contributed by atoms with Crippen molar-refractivity contribution in [2.24, 2.45) is 11.8 Å². The molecule has 118 valence electrons. The van der Waals surface area contributed by atoms with E-state index >= 15 is 0 Å². The molecule has 4 heteroatoms. The summed E-state index contributed by atoms with van der Waals surface area (Å²) in [7, 11) is 0. The summed E-state index contributed by atoms with van der Waals surface area (Å²) in [6.45, 7) is 19.0. The standard InChI is InChI=1S/C16H32N2O2/c1-15(2,3)19-11-17-7-13-9-18(10-14(13)8-17)12-20-16(4,5)6/h13-14H,7-12H2,1-6H3. The second-order valence-electron chi connectivity index (χ2n) is 8.36. The van der Waals surface area contributed by atoms with Crippen LogP contribution in [0.5, 0.6) is 0 Å². The highest BCUT2D eigenvalue weighted by Crippen LogP contribution is 2.31. The first-order chi connectivity index (χ1) is 9.12. The molecular formula is C16H32N2O2. The van der Waals surface area contributed by atoms with E-state index in [1.165, 1.54) is 26.2 Å². The largest absolute Gasteiger partial charge is 0.360 e. The summed E-state index contributed by atoms with van der Waals surface area (Å²) in [6.07, 6.45) is 0. The van der Waals surface area contributed by atoms with Crippen LogP contribution in [0, 0.1) is 11.8 Å². The van der Waals surface area contributed by atoms with E-state index in [0.29, 0.717) is 0 Å². The van der Waals surface area contributed by atoms with E-state index in [4.69, 9.17) is 9.47 Å². The molecule has 2 rings (SSSR count). The Morgan fingerprint density at radius 1 is 0.700 bits per heavy atom. The lowest BCUT2D eigenvalue weighted by Gasteiger charge is -2.27. The molecule has 0 spiro atoms. The molecule has 4 nitrogen and oxygen atoms in total. The van der Waals surface area contributed by atoms with Crippen molar-refractivity contribution in [2.45, 2.75) is 52.7 Å². The maximum absolute atomic E-state index is 5.89. The van der Waals surface area contributed by atoms with E-state index in [1.54, 1.807) is 0 Å². The first-order valence-electron chi connectivity index (χ1n) is 7.85. The third-order valence-corrected chi connectivity index (χ3v) is 4.00. The van der Waals surface area contributed by atoms with Crippen LogP contribution < -0.4 is 0 Å². The zero-order chi connectivity index (χ0) is 15.0. The minimum absolute atomic E-state index is 0.0374. The molecule has 20 heavy (non-hydrogen) atoms. The normalized spacial score (nSPS) is 29.1. The zero-order valence-corrected chi connectivity index (χ0v) is 14.1. The van der Waals surface area contributed by atoms with Gasteiger partial charge in [0.2, 0.25) is 0 Å². The van der Waals surface area contributed by atoms with Crippen LogP contribution in [0.3, 0.4) is 0 Å². The van der Waals surface area contributed by atoms with Gasteiger partial charge in [-0.25, -0.2) is 0 Å². The quantitative estimate of drug-likeness (QED) is 0.791. The fourth-order valence-electron chi connectivity index (χ4n) is 2.97. The lowest BCUT2D eigenvalue weighted by molar-refractivity contribution is -0.0681. The molecule has 0 amide bonds. The molecule has 0 N–H and O–H groups in total. The molecule has 0 atom stereocenters. The van der Waals surface area contributed by atoms with Crippen molar-refractivity contribution in [1.82, 2.24) is 9.80 Å². The summed E-state index contributed by atoms with van der Waals surface area (Å²) < 4.78 is 11.8. The first kappa shape index (κ1) is 16.2. The fourth-order valence-corrected chi connectivity index (χ4v) is 2.97. The number of hydrogen-bond donors (Lipinski definition) is 0. The summed E-state index contributed by atoms with van der Waals surface area (Å²) in [5.41, 5.74) is -0.0748. The van der Waals surface area contributed by atoms with Crippen molar-refractivity contribution in [3.05, 3.63) is 0 Å². The number of rotatable bonds is 4. The van der Waals surface area contributed by atoms with Crippen LogP contribution in [-0.4, -0.2) is 60.6 Å². The van der Waals surface area contributed by atoms with Crippen LogP contribution in [0.2, 0.25) is 0 Å². The van der Waals surface area contributed by atoms with Gasteiger partial charge in [-0.05, 0) is 53.4 Å². The van der Waals surface area contributed by atoms with Crippen molar-refractivity contribution in [3.63, 3.8) is 0 Å². The van der Waals surface area contributed by atoms with Crippen molar-refractivity contribution in [3.8, 4) is 0 Å². The van der Waals surface area contributed by atoms with Gasteiger partial charge in [0.15, 0.2) is 0 Å². The highest BCUT2D eigenvalue weighted by molar-refractivity contribution is 4.91. The number of fused-ring (bicyclic) bond motifs is 1. The van der Waals surface area contributed by atoms with Crippen LogP contribution in [-0.2, 0) is 9.47 Å². The van der Waals surface area contributed by atoms with Crippen LogP contribution in [0.1, 0.15) is 41.5 Å². The minimum Gasteiger partial charge on any atom is -0.360 e. The van der Waals surface area contributed by atoms with E-state index in [2.05, 4.69) is 51.3 Å². The highest BCUT2D eigenvalue weighted by Gasteiger charge is 2.40. The van der Waals surface area contributed by atoms with Crippen molar-refractivity contribution in [1.29, 1.82) is 0 Å². The molecule has 0 unspecified atom stereocenters. The van der Waals surface area contributed by atoms with Gasteiger partial charge in [0.05, 0.1) is 24.7 Å². The van der Waals surface area contributed by atoms with Gasteiger partial charge in [-0.3, -0.25) is 9.80 Å². The Kier molecular flexibility index (Phi) is 4.80. The molecule has 0 aliphatic carbocycles. The molecule has 0 bridgehead atoms. The molecule has 0 aromatic carbocycles. The third kappa shape index (κ3) is 4.99. The highest BCUT2D eigenvalue weighted by atomic mass is 16.5. The second-order valence-corrected chi connectivity index (χ2v) is 8.36. The average molecular weight is 284 g/mol. The van der Waals surface area contributed by atoms with Gasteiger partial charge in [0.25, 0.3) is 0 Å². The molecule has 2 heterocycles. The number of ether oxygens (including phenoxy) is 2. The molecule has 0 aromatic rings. The topological polar surface area (TPSA) is 24.9 Å². The van der Waals surface area contributed by atoms with E-state index in [-0.39, 0.29) is 11.2 Å². The van der Waals surface area contributed by atoms with E-state index < -0.39 is 0 Å². The Bertz CT molecular complexity index is 275. The summed E-state index contributed by atoms with van der Waals surface area (Å²) in [5, 5.41) is 0. The third-order valence-electron chi connectivity index (χ3n) is 4.00. The molecule has 0 radical (unpaired) electrons. The Morgan fingerprint density at radius 3 is 1.25 bits per heavy atom. The number of likely N-dealkylation sites (tertiary alicyclic amines) is 2. The summed E-state index contributed by atoms with van der Waals surface area (Å²) in [5.74, 6) is 1.59. The van der Waals surface area contributed by atoms with Gasteiger partial charge >= 0.3 is 0 Å². The fraction of sp³-hybridized carbons (Fsp3) is 1.00. The molecule has 0 saturated carbocycles. The second kappa shape index (κ2) is 5.91. The SMILES string of the molecule is CC(C)(C)OCN1CC2CN(COC(C)(C)C)CC2C1. The molecule has 2 aliphatic heterocycles. The molecule has 2 aliphatic rings. The lowest BCUT2D eigenvalue weighted by atomic mass is 10.0. The van der Waals surface area contributed by atoms with Crippen LogP contribution in [0.4, 0.5) is 0 Å². The van der Waals surface area contributed by atoms with Crippen molar-refractivity contribution in [2.75, 3.05) is 39.6 Å². The molecule has 0 aromatic heterocycles. The molecule has 2 fully saturated rings. The summed E-state index contributed by atoms with van der Waals surface area (Å²) in [4.78, 5) is 4.92. The van der Waals surface area contributed by atoms with E-state index in [1.807, 2.05) is 0 Å². The molecule has 2 saturated heterocycles. The van der Waals surface area contributed by atoms with Crippen LogP contribution in [0.15, 0.2) is 0 Å². The lowest BCUT2D eigenvalue weighted by Crippen LogP contribution is -2.35. The van der Waals surface area contributed by atoms with Gasteiger partial charge < -0.3 is 9.47 Å². The Balaban J connectivity index is 1.70. The van der Waals surface area contributed by atoms with Crippen LogP contribution in [0.25, 0.3) is 0 Å². The van der Waals surface area contributed by atoms with Gasteiger partial charge in [-0.2, -0.15) is 0 Å². The van der Waals surface area contributed by atoms with Gasteiger partial charge in [0.1, 0.15) is 0 Å². The molecular weight excluding hydrogens is 252 g/mol. The van der Waals surface area contributed by atoms with E-state index in [0.717, 1.165) is 25.3 Å². The van der Waals surface area contributed by atoms with Gasteiger partial charge in [0, 0.05) is 26.2 Å². The maximum Gasteiger partial charge on any atom is 0.0997 e. The smallest absolute Gasteiger partial charge is 0.0997 e. The average Bonchev–Trinajstić information content (AvgIpc) is 2.78. The zero-order valence-electron chi connectivity index (χ0n) is 14.1. The summed E-state index contributed by atoms with van der Waals surface area (Å²) >= 11 is 0. The maximum atomic E-state index is 5.89. The van der Waals surface area contributed by atoms with Crippen molar-refractivity contribution < 1.29 is 9.47 Å². The number of nitrogens with zero attached hydrogens (tertiary/aromatic N) is 2. The minimum atomic E-state index is -0.0374. The Hall–Kier alpha value is -0.160. The van der Waals surface area contributed by atoms with Gasteiger partial charge in [-0.15, -0.1) is 0 Å².